The van der Waals surface area contributed by atoms with Crippen LogP contribution in [0.4, 0.5) is 0 Å². The van der Waals surface area contributed by atoms with E-state index in [1.165, 1.54) is 12.1 Å². The first-order chi connectivity index (χ1) is 10.1. The molecule has 1 rings (SSSR count). The summed E-state index contributed by atoms with van der Waals surface area (Å²) < 4.78 is 26.2. The lowest BCUT2D eigenvalue weighted by atomic mass is 10.4. The predicted molar refractivity (Wildman–Crippen MR) is 82.4 cm³/mol. The highest BCUT2D eigenvalue weighted by molar-refractivity contribution is 7.89. The number of hydrogen-bond donors (Lipinski definition) is 3. The molecule has 0 saturated heterocycles. The number of carbonyl (C=O) groups excluding carboxylic acids is 1. The van der Waals surface area contributed by atoms with Crippen LogP contribution in [0.3, 0.4) is 0 Å². The van der Waals surface area contributed by atoms with Crippen molar-refractivity contribution < 1.29 is 13.2 Å². The average Bonchev–Trinajstić information content (AvgIpc) is 2.48. The van der Waals surface area contributed by atoms with Crippen LogP contribution < -0.4 is 15.4 Å². The number of rotatable bonds is 10. The Labute approximate surface area is 126 Å². The van der Waals surface area contributed by atoms with Gasteiger partial charge in [0.25, 0.3) is 0 Å². The standard InChI is InChI=1S/C14H23N3O3S/c1-2-9-15-11-12-16-14(18)8-10-17-21(19,20)13-6-4-3-5-7-13/h3-7,15,17H,2,8-12H2,1H3,(H,16,18). The molecule has 1 aromatic carbocycles. The zero-order chi connectivity index (χ0) is 15.6. The molecule has 0 saturated carbocycles. The van der Waals surface area contributed by atoms with E-state index in [2.05, 4.69) is 22.3 Å². The third-order valence-electron chi connectivity index (χ3n) is 2.75. The first kappa shape index (κ1) is 17.6. The molecule has 0 heterocycles. The van der Waals surface area contributed by atoms with Crippen LogP contribution >= 0.6 is 0 Å². The fourth-order valence-corrected chi connectivity index (χ4v) is 2.72. The molecule has 0 fully saturated rings. The Morgan fingerprint density at radius 1 is 1.05 bits per heavy atom. The Morgan fingerprint density at radius 3 is 2.43 bits per heavy atom. The molecule has 1 amide bonds. The van der Waals surface area contributed by atoms with E-state index in [9.17, 15) is 13.2 Å². The Bertz CT molecular complexity index is 518. The van der Waals surface area contributed by atoms with Crippen molar-refractivity contribution >= 4 is 15.9 Å². The Hall–Kier alpha value is -1.44. The summed E-state index contributed by atoms with van der Waals surface area (Å²) in [6.45, 7) is 4.35. The molecular formula is C14H23N3O3S. The van der Waals surface area contributed by atoms with Crippen molar-refractivity contribution in [2.45, 2.75) is 24.7 Å². The summed E-state index contributed by atoms with van der Waals surface area (Å²) in [5.41, 5.74) is 0. The number of carbonyl (C=O) groups is 1. The van der Waals surface area contributed by atoms with Gasteiger partial charge in [-0.2, -0.15) is 0 Å². The van der Waals surface area contributed by atoms with Gasteiger partial charge in [0.15, 0.2) is 0 Å². The molecule has 21 heavy (non-hydrogen) atoms. The van der Waals surface area contributed by atoms with Crippen molar-refractivity contribution in [3.63, 3.8) is 0 Å². The normalized spacial score (nSPS) is 11.3. The lowest BCUT2D eigenvalue weighted by molar-refractivity contribution is -0.120. The maximum absolute atomic E-state index is 11.9. The van der Waals surface area contributed by atoms with Gasteiger partial charge in [-0.15, -0.1) is 0 Å². The number of sulfonamides is 1. The summed E-state index contributed by atoms with van der Waals surface area (Å²) in [4.78, 5) is 11.7. The van der Waals surface area contributed by atoms with E-state index in [1.54, 1.807) is 18.2 Å². The van der Waals surface area contributed by atoms with E-state index in [1.807, 2.05) is 0 Å². The third-order valence-corrected chi connectivity index (χ3v) is 4.23. The molecule has 0 aromatic heterocycles. The summed E-state index contributed by atoms with van der Waals surface area (Å²) in [7, 11) is -3.53. The minimum Gasteiger partial charge on any atom is -0.355 e. The summed E-state index contributed by atoms with van der Waals surface area (Å²) in [6, 6.07) is 8.10. The fraction of sp³-hybridized carbons (Fsp3) is 0.500. The zero-order valence-electron chi connectivity index (χ0n) is 12.3. The molecule has 118 valence electrons. The topological polar surface area (TPSA) is 87.3 Å². The van der Waals surface area contributed by atoms with E-state index < -0.39 is 10.0 Å². The van der Waals surface area contributed by atoms with Crippen molar-refractivity contribution in [3.05, 3.63) is 30.3 Å². The smallest absolute Gasteiger partial charge is 0.240 e. The molecule has 7 heteroatoms. The van der Waals surface area contributed by atoms with Crippen LogP contribution in [0, 0.1) is 0 Å². The minimum absolute atomic E-state index is 0.0887. The second-order valence-electron chi connectivity index (χ2n) is 4.56. The van der Waals surface area contributed by atoms with Crippen LogP contribution in [0.25, 0.3) is 0 Å². The monoisotopic (exact) mass is 313 g/mol. The van der Waals surface area contributed by atoms with Gasteiger partial charge in [-0.1, -0.05) is 25.1 Å². The Balaban J connectivity index is 2.22. The van der Waals surface area contributed by atoms with Gasteiger partial charge < -0.3 is 10.6 Å². The maximum Gasteiger partial charge on any atom is 0.240 e. The third kappa shape index (κ3) is 7.22. The summed E-state index contributed by atoms with van der Waals surface area (Å²) in [5.74, 6) is -0.163. The lowest BCUT2D eigenvalue weighted by Crippen LogP contribution is -2.34. The van der Waals surface area contributed by atoms with Crippen LogP contribution in [0.1, 0.15) is 19.8 Å². The second kappa shape index (κ2) is 9.49. The Morgan fingerprint density at radius 2 is 1.76 bits per heavy atom. The van der Waals surface area contributed by atoms with E-state index in [0.29, 0.717) is 6.54 Å². The molecule has 6 nitrogen and oxygen atoms in total. The quantitative estimate of drug-likeness (QED) is 0.548. The first-order valence-electron chi connectivity index (χ1n) is 7.08. The SMILES string of the molecule is CCCNCCNC(=O)CCNS(=O)(=O)c1ccccc1. The van der Waals surface area contributed by atoms with Crippen molar-refractivity contribution in [2.75, 3.05) is 26.2 Å². The van der Waals surface area contributed by atoms with Crippen molar-refractivity contribution in [1.82, 2.24) is 15.4 Å². The van der Waals surface area contributed by atoms with Crippen molar-refractivity contribution in [2.24, 2.45) is 0 Å². The van der Waals surface area contributed by atoms with Crippen LogP contribution in [0.2, 0.25) is 0 Å². The molecule has 3 N–H and O–H groups in total. The highest BCUT2D eigenvalue weighted by Crippen LogP contribution is 2.06. The van der Waals surface area contributed by atoms with Crippen molar-refractivity contribution in [1.29, 1.82) is 0 Å². The van der Waals surface area contributed by atoms with Gasteiger partial charge in [0, 0.05) is 26.1 Å². The average molecular weight is 313 g/mol. The molecule has 0 atom stereocenters. The van der Waals surface area contributed by atoms with Crippen LogP contribution in [-0.2, 0) is 14.8 Å². The molecule has 0 spiro atoms. The summed E-state index contributed by atoms with van der Waals surface area (Å²) >= 11 is 0. The Kier molecular flexibility index (Phi) is 7.96. The van der Waals surface area contributed by atoms with Gasteiger partial charge in [-0.25, -0.2) is 13.1 Å². The van der Waals surface area contributed by atoms with Gasteiger partial charge >= 0.3 is 0 Å². The van der Waals surface area contributed by atoms with Gasteiger partial charge in [-0.3, -0.25) is 4.79 Å². The van der Waals surface area contributed by atoms with Crippen molar-refractivity contribution in [3.8, 4) is 0 Å². The molecule has 0 radical (unpaired) electrons. The maximum atomic E-state index is 11.9. The van der Waals surface area contributed by atoms with Crippen LogP contribution in [0.5, 0.6) is 0 Å². The number of nitrogens with one attached hydrogen (secondary N) is 3. The summed E-state index contributed by atoms with van der Waals surface area (Å²) in [6.07, 6.45) is 1.18. The van der Waals surface area contributed by atoms with Crippen LogP contribution in [0.15, 0.2) is 35.2 Å². The van der Waals surface area contributed by atoms with E-state index in [-0.39, 0.29) is 23.8 Å². The van der Waals surface area contributed by atoms with E-state index in [4.69, 9.17) is 0 Å². The van der Waals surface area contributed by atoms with Gasteiger partial charge in [0.1, 0.15) is 0 Å². The fourth-order valence-electron chi connectivity index (χ4n) is 1.66. The predicted octanol–water partition coefficient (Wildman–Crippen LogP) is 0.471. The highest BCUT2D eigenvalue weighted by atomic mass is 32.2. The summed E-state index contributed by atoms with van der Waals surface area (Å²) in [5, 5.41) is 5.90. The first-order valence-corrected chi connectivity index (χ1v) is 8.56. The molecule has 0 bridgehead atoms. The van der Waals surface area contributed by atoms with E-state index >= 15 is 0 Å². The molecule has 1 aromatic rings. The van der Waals surface area contributed by atoms with Crippen LogP contribution in [-0.4, -0.2) is 40.5 Å². The number of benzene rings is 1. The zero-order valence-corrected chi connectivity index (χ0v) is 13.1. The number of hydrogen-bond acceptors (Lipinski definition) is 4. The second-order valence-corrected chi connectivity index (χ2v) is 6.33. The minimum atomic E-state index is -3.53. The van der Waals surface area contributed by atoms with Gasteiger partial charge in [-0.05, 0) is 25.1 Å². The molecule has 0 unspecified atom stereocenters. The van der Waals surface area contributed by atoms with Gasteiger partial charge in [0.05, 0.1) is 4.90 Å². The molecule has 0 aliphatic carbocycles. The van der Waals surface area contributed by atoms with E-state index in [0.717, 1.165) is 19.5 Å². The molecular weight excluding hydrogens is 290 g/mol. The van der Waals surface area contributed by atoms with Gasteiger partial charge in [0.2, 0.25) is 15.9 Å². The molecule has 0 aliphatic heterocycles. The highest BCUT2D eigenvalue weighted by Gasteiger charge is 2.13. The largest absolute Gasteiger partial charge is 0.355 e. The number of amides is 1. The molecule has 0 aliphatic rings. The lowest BCUT2D eigenvalue weighted by Gasteiger charge is -2.08.